The highest BCUT2D eigenvalue weighted by molar-refractivity contribution is 6.69. The van der Waals surface area contributed by atoms with Crippen molar-refractivity contribution in [3.63, 3.8) is 0 Å². The molecule has 0 aromatic heterocycles. The minimum Gasteiger partial charge on any atom is -0.338 e. The van der Waals surface area contributed by atoms with E-state index in [0.717, 1.165) is 0 Å². The summed E-state index contributed by atoms with van der Waals surface area (Å²) >= 11 is 0. The summed E-state index contributed by atoms with van der Waals surface area (Å²) in [6, 6.07) is 10.8. The second-order valence-corrected chi connectivity index (χ2v) is 4.18. The fourth-order valence-corrected chi connectivity index (χ4v) is 2.25. The van der Waals surface area contributed by atoms with Gasteiger partial charge < -0.3 is 4.81 Å². The summed E-state index contributed by atoms with van der Waals surface area (Å²) in [7, 11) is 0. The smallest absolute Gasteiger partial charge is 0.254 e. The zero-order chi connectivity index (χ0) is 9.80. The Kier molecular flexibility index (Phi) is 3.25. The van der Waals surface area contributed by atoms with Gasteiger partial charge in [-0.2, -0.15) is 0 Å². The number of benzene rings is 1. The lowest BCUT2D eigenvalue weighted by Crippen LogP contribution is -2.48. The van der Waals surface area contributed by atoms with Gasteiger partial charge in [-0.05, 0) is 25.9 Å². The van der Waals surface area contributed by atoms with Crippen molar-refractivity contribution in [1.29, 1.82) is 0 Å². The van der Waals surface area contributed by atoms with Gasteiger partial charge in [0.15, 0.2) is 0 Å². The lowest BCUT2D eigenvalue weighted by Gasteiger charge is -2.30. The van der Waals surface area contributed by atoms with E-state index < -0.39 is 0 Å². The van der Waals surface area contributed by atoms with Gasteiger partial charge in [0.05, 0.1) is 0 Å². The molecular formula is C12H18BN. The first-order valence-corrected chi connectivity index (χ1v) is 5.67. The number of hydrogen-bond donors (Lipinski definition) is 0. The Morgan fingerprint density at radius 1 is 1.00 bits per heavy atom. The minimum absolute atomic E-state index is 0.594. The van der Waals surface area contributed by atoms with E-state index in [9.17, 15) is 0 Å². The van der Waals surface area contributed by atoms with Crippen molar-refractivity contribution < 1.29 is 0 Å². The lowest BCUT2D eigenvalue weighted by molar-refractivity contribution is 0.356. The molecule has 0 bridgehead atoms. The Labute approximate surface area is 87.2 Å². The van der Waals surface area contributed by atoms with Crippen LogP contribution < -0.4 is 5.46 Å². The second kappa shape index (κ2) is 4.65. The Morgan fingerprint density at radius 3 is 2.29 bits per heavy atom. The molecule has 0 N–H and O–H groups in total. The van der Waals surface area contributed by atoms with Crippen LogP contribution in [0.4, 0.5) is 0 Å². The van der Waals surface area contributed by atoms with Crippen LogP contribution in [0.1, 0.15) is 19.3 Å². The Hall–Kier alpha value is -0.755. The van der Waals surface area contributed by atoms with E-state index in [-0.39, 0.29) is 0 Å². The van der Waals surface area contributed by atoms with Crippen LogP contribution in [-0.4, -0.2) is 24.7 Å². The predicted octanol–water partition coefficient (Wildman–Crippen LogP) is 2.00. The van der Waals surface area contributed by atoms with Crippen molar-refractivity contribution in [3.8, 4) is 0 Å². The van der Waals surface area contributed by atoms with Crippen molar-refractivity contribution in [2.75, 3.05) is 13.1 Å². The normalized spacial score (nSPS) is 18.1. The van der Waals surface area contributed by atoms with Gasteiger partial charge in [0, 0.05) is 0 Å². The topological polar surface area (TPSA) is 3.24 Å². The summed E-state index contributed by atoms with van der Waals surface area (Å²) in [6.45, 7) is 5.46. The van der Waals surface area contributed by atoms with Gasteiger partial charge in [-0.3, -0.25) is 0 Å². The average Bonchev–Trinajstić information content (AvgIpc) is 2.30. The monoisotopic (exact) mass is 187 g/mol. The molecule has 0 atom stereocenters. The summed E-state index contributed by atoms with van der Waals surface area (Å²) in [5, 5.41) is 0. The maximum atomic E-state index is 2.60. The van der Waals surface area contributed by atoms with E-state index in [1.807, 2.05) is 0 Å². The highest BCUT2D eigenvalue weighted by Crippen LogP contribution is 2.10. The minimum atomic E-state index is 0.594. The van der Waals surface area contributed by atoms with Gasteiger partial charge >= 0.3 is 0 Å². The Bertz CT molecular complexity index is 267. The van der Waals surface area contributed by atoms with Crippen molar-refractivity contribution in [2.45, 2.75) is 26.1 Å². The van der Waals surface area contributed by atoms with Crippen LogP contribution in [0.5, 0.6) is 0 Å². The van der Waals surface area contributed by atoms with E-state index in [0.29, 0.717) is 6.85 Å². The molecule has 1 aliphatic heterocycles. The third-order valence-corrected chi connectivity index (χ3v) is 3.22. The Morgan fingerprint density at radius 2 is 1.64 bits per heavy atom. The molecule has 0 aliphatic carbocycles. The van der Waals surface area contributed by atoms with Gasteiger partial charge in [0.2, 0.25) is 0 Å². The third kappa shape index (κ3) is 2.18. The molecule has 1 aromatic carbocycles. The Balaban J connectivity index is 2.03. The van der Waals surface area contributed by atoms with Gasteiger partial charge in [-0.1, -0.05) is 49.0 Å². The summed E-state index contributed by atoms with van der Waals surface area (Å²) in [4.78, 5) is 2.60. The largest absolute Gasteiger partial charge is 0.338 e. The van der Waals surface area contributed by atoms with E-state index in [2.05, 4.69) is 42.0 Å². The molecule has 1 aliphatic rings. The quantitative estimate of drug-likeness (QED) is 0.640. The number of piperidine rings is 1. The van der Waals surface area contributed by atoms with E-state index >= 15 is 0 Å². The van der Waals surface area contributed by atoms with Crippen molar-refractivity contribution in [2.24, 2.45) is 0 Å². The molecule has 0 amide bonds. The highest BCUT2D eigenvalue weighted by Gasteiger charge is 2.20. The van der Waals surface area contributed by atoms with Crippen LogP contribution in [0.2, 0.25) is 6.82 Å². The first-order chi connectivity index (χ1) is 6.88. The van der Waals surface area contributed by atoms with E-state index in [1.54, 1.807) is 0 Å². The molecule has 1 nitrogen and oxygen atoms in total. The standard InChI is InChI=1S/C12H18BN/c1-13(12-8-4-2-5-9-12)14-10-6-3-7-11-14/h2,4-5,8-9H,3,6-7,10-11H2,1H3. The van der Waals surface area contributed by atoms with Crippen LogP contribution in [-0.2, 0) is 0 Å². The van der Waals surface area contributed by atoms with Crippen molar-refractivity contribution in [3.05, 3.63) is 30.3 Å². The average molecular weight is 187 g/mol. The van der Waals surface area contributed by atoms with Crippen LogP contribution in [0, 0.1) is 0 Å². The van der Waals surface area contributed by atoms with Gasteiger partial charge in [-0.25, -0.2) is 0 Å². The van der Waals surface area contributed by atoms with Crippen molar-refractivity contribution >= 4 is 12.3 Å². The number of nitrogens with zero attached hydrogens (tertiary/aromatic N) is 1. The summed E-state index contributed by atoms with van der Waals surface area (Å²) < 4.78 is 0. The molecule has 0 unspecified atom stereocenters. The molecule has 0 radical (unpaired) electrons. The van der Waals surface area contributed by atoms with Gasteiger partial charge in [0.1, 0.15) is 0 Å². The molecule has 1 fully saturated rings. The molecule has 14 heavy (non-hydrogen) atoms. The second-order valence-electron chi connectivity index (χ2n) is 4.18. The maximum Gasteiger partial charge on any atom is 0.254 e. The highest BCUT2D eigenvalue weighted by atomic mass is 15.1. The summed E-state index contributed by atoms with van der Waals surface area (Å²) in [5.41, 5.74) is 1.45. The summed E-state index contributed by atoms with van der Waals surface area (Å²) in [5.74, 6) is 0. The zero-order valence-electron chi connectivity index (χ0n) is 8.95. The molecule has 2 heteroatoms. The SMILES string of the molecule is CB(c1ccccc1)N1CCCCC1. The predicted molar refractivity (Wildman–Crippen MR) is 63.1 cm³/mol. The first kappa shape index (κ1) is 9.79. The molecular weight excluding hydrogens is 169 g/mol. The van der Waals surface area contributed by atoms with E-state index in [1.165, 1.54) is 37.8 Å². The zero-order valence-corrected chi connectivity index (χ0v) is 8.95. The maximum absolute atomic E-state index is 2.60. The molecule has 1 saturated heterocycles. The fourth-order valence-electron chi connectivity index (χ4n) is 2.25. The molecule has 1 aromatic rings. The van der Waals surface area contributed by atoms with Crippen LogP contribution in [0.25, 0.3) is 0 Å². The first-order valence-electron chi connectivity index (χ1n) is 5.67. The molecule has 1 heterocycles. The van der Waals surface area contributed by atoms with Crippen molar-refractivity contribution in [1.82, 2.24) is 4.81 Å². The van der Waals surface area contributed by atoms with Gasteiger partial charge in [0.25, 0.3) is 6.85 Å². The van der Waals surface area contributed by atoms with E-state index in [4.69, 9.17) is 0 Å². The fraction of sp³-hybridized carbons (Fsp3) is 0.500. The molecule has 2 rings (SSSR count). The third-order valence-electron chi connectivity index (χ3n) is 3.22. The molecule has 0 saturated carbocycles. The number of hydrogen-bond acceptors (Lipinski definition) is 1. The van der Waals surface area contributed by atoms with Crippen LogP contribution in [0.3, 0.4) is 0 Å². The number of rotatable bonds is 2. The molecule has 0 spiro atoms. The van der Waals surface area contributed by atoms with Crippen LogP contribution in [0.15, 0.2) is 30.3 Å². The lowest BCUT2D eigenvalue weighted by atomic mass is 9.56. The summed E-state index contributed by atoms with van der Waals surface area (Å²) in [6.07, 6.45) is 4.16. The van der Waals surface area contributed by atoms with Gasteiger partial charge in [-0.15, -0.1) is 0 Å². The molecule has 74 valence electrons. The van der Waals surface area contributed by atoms with Crippen LogP contribution >= 0.6 is 0 Å².